The van der Waals surface area contributed by atoms with Crippen molar-refractivity contribution in [3.63, 3.8) is 0 Å². The van der Waals surface area contributed by atoms with Crippen LogP contribution in [0.1, 0.15) is 41.9 Å². The van der Waals surface area contributed by atoms with Crippen LogP contribution in [0.4, 0.5) is 5.82 Å². The minimum atomic E-state index is -0.467. The summed E-state index contributed by atoms with van der Waals surface area (Å²) in [4.78, 5) is 33.8. The number of carbonyl (C=O) groups is 1. The number of fused-ring (bicyclic) bond motifs is 1. The summed E-state index contributed by atoms with van der Waals surface area (Å²) in [6, 6.07) is 14.9. The third kappa shape index (κ3) is 3.98. The summed E-state index contributed by atoms with van der Waals surface area (Å²) in [7, 11) is 0. The van der Waals surface area contributed by atoms with Gasteiger partial charge in [-0.1, -0.05) is 65.3 Å². The Hall–Kier alpha value is -2.54. The van der Waals surface area contributed by atoms with Gasteiger partial charge in [-0.2, -0.15) is 0 Å². The van der Waals surface area contributed by atoms with Gasteiger partial charge in [0.25, 0.3) is 5.56 Å². The van der Waals surface area contributed by atoms with E-state index >= 15 is 0 Å². The second kappa shape index (κ2) is 8.77. The molecule has 1 aromatic heterocycles. The molecule has 162 valence electrons. The van der Waals surface area contributed by atoms with Crippen LogP contribution in [0.3, 0.4) is 0 Å². The number of thioether (sulfide) groups is 1. The fraction of sp³-hybridized carbons (Fsp3) is 0.208. The second-order valence-corrected chi connectivity index (χ2v) is 9.60. The van der Waals surface area contributed by atoms with Crippen molar-refractivity contribution < 1.29 is 4.79 Å². The zero-order chi connectivity index (χ0) is 22.2. The SMILES string of the molecule is O=C1CCCC2=C1C(c1ccc(Cl)cc1)c1c(nc(SCc3ccccc3Cl)[nH]c1=O)N2. The van der Waals surface area contributed by atoms with Crippen molar-refractivity contribution >= 4 is 46.6 Å². The van der Waals surface area contributed by atoms with Gasteiger partial charge in [0.2, 0.25) is 0 Å². The van der Waals surface area contributed by atoms with Crippen molar-refractivity contribution in [1.82, 2.24) is 9.97 Å². The van der Waals surface area contributed by atoms with E-state index in [2.05, 4.69) is 10.3 Å². The first-order valence-corrected chi connectivity index (χ1v) is 12.0. The lowest BCUT2D eigenvalue weighted by Gasteiger charge is -2.32. The highest BCUT2D eigenvalue weighted by Crippen LogP contribution is 2.43. The quantitative estimate of drug-likeness (QED) is 0.355. The average Bonchev–Trinajstić information content (AvgIpc) is 2.78. The summed E-state index contributed by atoms with van der Waals surface area (Å²) >= 11 is 13.8. The van der Waals surface area contributed by atoms with Crippen LogP contribution in [0.25, 0.3) is 0 Å². The number of carbonyl (C=O) groups excluding carboxylic acids is 1. The number of halogens is 2. The fourth-order valence-corrected chi connectivity index (χ4v) is 5.53. The molecule has 0 saturated carbocycles. The van der Waals surface area contributed by atoms with Crippen molar-refractivity contribution in [3.05, 3.63) is 96.9 Å². The normalized spacial score (nSPS) is 17.6. The maximum atomic E-state index is 13.3. The minimum absolute atomic E-state index is 0.0703. The van der Waals surface area contributed by atoms with E-state index in [0.717, 1.165) is 29.7 Å². The minimum Gasteiger partial charge on any atom is -0.343 e. The number of hydrogen-bond acceptors (Lipinski definition) is 5. The highest BCUT2D eigenvalue weighted by Gasteiger charge is 2.37. The number of aromatic amines is 1. The molecule has 1 unspecified atom stereocenters. The maximum Gasteiger partial charge on any atom is 0.257 e. The molecule has 0 amide bonds. The molecule has 1 aliphatic carbocycles. The third-order valence-electron chi connectivity index (χ3n) is 5.76. The molecular weight excluding hydrogens is 465 g/mol. The van der Waals surface area contributed by atoms with Gasteiger partial charge < -0.3 is 10.3 Å². The Labute approximate surface area is 199 Å². The predicted molar refractivity (Wildman–Crippen MR) is 129 cm³/mol. The molecule has 1 atom stereocenters. The molecule has 32 heavy (non-hydrogen) atoms. The number of ketones is 1. The van der Waals surface area contributed by atoms with Gasteiger partial charge in [0.1, 0.15) is 5.82 Å². The number of allylic oxidation sites excluding steroid dienone is 2. The predicted octanol–water partition coefficient (Wildman–Crippen LogP) is 5.93. The van der Waals surface area contributed by atoms with E-state index in [4.69, 9.17) is 28.2 Å². The van der Waals surface area contributed by atoms with Gasteiger partial charge in [-0.3, -0.25) is 9.59 Å². The number of aromatic nitrogens is 2. The van der Waals surface area contributed by atoms with Crippen molar-refractivity contribution in [2.24, 2.45) is 0 Å². The largest absolute Gasteiger partial charge is 0.343 e. The van der Waals surface area contributed by atoms with Gasteiger partial charge >= 0.3 is 0 Å². The molecule has 2 aliphatic rings. The van der Waals surface area contributed by atoms with Gasteiger partial charge in [-0.15, -0.1) is 0 Å². The van der Waals surface area contributed by atoms with E-state index in [1.807, 2.05) is 36.4 Å². The lowest BCUT2D eigenvalue weighted by molar-refractivity contribution is -0.116. The summed E-state index contributed by atoms with van der Waals surface area (Å²) in [5, 5.41) is 5.08. The number of nitrogens with one attached hydrogen (secondary N) is 2. The van der Waals surface area contributed by atoms with Crippen molar-refractivity contribution in [3.8, 4) is 0 Å². The number of nitrogens with zero attached hydrogens (tertiary/aromatic N) is 1. The molecule has 0 spiro atoms. The van der Waals surface area contributed by atoms with Crippen LogP contribution in [-0.4, -0.2) is 15.8 Å². The highest BCUT2D eigenvalue weighted by atomic mass is 35.5. The molecule has 2 N–H and O–H groups in total. The van der Waals surface area contributed by atoms with Gasteiger partial charge in [-0.05, 0) is 42.2 Å². The maximum absolute atomic E-state index is 13.3. The second-order valence-electron chi connectivity index (χ2n) is 7.79. The first kappa shape index (κ1) is 21.3. The van der Waals surface area contributed by atoms with Crippen LogP contribution in [0.2, 0.25) is 10.0 Å². The van der Waals surface area contributed by atoms with Crippen molar-refractivity contribution in [1.29, 1.82) is 0 Å². The molecule has 3 aromatic rings. The fourth-order valence-electron chi connectivity index (χ4n) is 4.26. The average molecular weight is 484 g/mol. The van der Waals surface area contributed by atoms with Gasteiger partial charge in [0, 0.05) is 39.4 Å². The Morgan fingerprint density at radius 3 is 2.59 bits per heavy atom. The Morgan fingerprint density at radius 2 is 1.81 bits per heavy atom. The van der Waals surface area contributed by atoms with Crippen LogP contribution >= 0.6 is 35.0 Å². The number of Topliss-reactive ketones (excluding diaryl/α,β-unsaturated/α-hetero) is 1. The first-order chi connectivity index (χ1) is 15.5. The number of rotatable bonds is 4. The summed E-state index contributed by atoms with van der Waals surface area (Å²) in [6.07, 6.45) is 2.02. The first-order valence-electron chi connectivity index (χ1n) is 10.3. The number of H-pyrrole nitrogens is 1. The molecule has 0 radical (unpaired) electrons. The molecule has 0 fully saturated rings. The molecular formula is C24H19Cl2N3O2S. The number of benzene rings is 2. The lowest BCUT2D eigenvalue weighted by Crippen LogP contribution is -2.32. The molecule has 5 rings (SSSR count). The van der Waals surface area contributed by atoms with Crippen LogP contribution in [0.15, 0.2) is 69.8 Å². The molecule has 0 saturated heterocycles. The Bertz CT molecular complexity index is 1300. The molecule has 0 bridgehead atoms. The summed E-state index contributed by atoms with van der Waals surface area (Å²) in [5.41, 5.74) is 3.54. The topological polar surface area (TPSA) is 74.8 Å². The summed E-state index contributed by atoms with van der Waals surface area (Å²) in [6.45, 7) is 0. The summed E-state index contributed by atoms with van der Waals surface area (Å²) < 4.78 is 0. The lowest BCUT2D eigenvalue weighted by atomic mass is 9.76. The van der Waals surface area contributed by atoms with E-state index < -0.39 is 5.92 Å². The van der Waals surface area contributed by atoms with Crippen molar-refractivity contribution in [2.45, 2.75) is 36.1 Å². The number of anilines is 1. The van der Waals surface area contributed by atoms with E-state index in [-0.39, 0.29) is 11.3 Å². The molecule has 2 aromatic carbocycles. The Balaban J connectivity index is 1.56. The van der Waals surface area contributed by atoms with Gasteiger partial charge in [-0.25, -0.2) is 4.98 Å². The third-order valence-corrected chi connectivity index (χ3v) is 7.30. The smallest absolute Gasteiger partial charge is 0.257 e. The number of hydrogen-bond donors (Lipinski definition) is 2. The van der Waals surface area contributed by atoms with Crippen LogP contribution < -0.4 is 10.9 Å². The Morgan fingerprint density at radius 1 is 1.03 bits per heavy atom. The zero-order valence-electron chi connectivity index (χ0n) is 17.0. The van der Waals surface area contributed by atoms with E-state index in [1.165, 1.54) is 11.8 Å². The molecule has 1 aliphatic heterocycles. The zero-order valence-corrected chi connectivity index (χ0v) is 19.3. The van der Waals surface area contributed by atoms with Crippen LogP contribution in [0, 0.1) is 0 Å². The Kier molecular flexibility index (Phi) is 5.84. The standard InChI is InChI=1S/C24H19Cl2N3O2S/c25-15-10-8-13(9-11-15)19-20-17(6-3-7-18(20)30)27-22-21(19)23(31)29-24(28-22)32-12-14-4-1-2-5-16(14)26/h1-2,4-5,8-11,19H,3,6-7,12H2,(H2,27,28,29,31). The molecule has 8 heteroatoms. The van der Waals surface area contributed by atoms with E-state index in [9.17, 15) is 9.59 Å². The van der Waals surface area contributed by atoms with Crippen molar-refractivity contribution in [2.75, 3.05) is 5.32 Å². The molecule has 5 nitrogen and oxygen atoms in total. The van der Waals surface area contributed by atoms with Crippen LogP contribution in [-0.2, 0) is 10.5 Å². The summed E-state index contributed by atoms with van der Waals surface area (Å²) in [5.74, 6) is 0.684. The van der Waals surface area contributed by atoms with E-state index in [1.54, 1.807) is 12.1 Å². The van der Waals surface area contributed by atoms with Gasteiger partial charge in [0.15, 0.2) is 10.9 Å². The van der Waals surface area contributed by atoms with Gasteiger partial charge in [0.05, 0.1) is 5.56 Å². The van der Waals surface area contributed by atoms with E-state index in [0.29, 0.717) is 44.3 Å². The monoisotopic (exact) mass is 483 g/mol. The highest BCUT2D eigenvalue weighted by molar-refractivity contribution is 7.98. The molecule has 2 heterocycles. The van der Waals surface area contributed by atoms with Crippen LogP contribution in [0.5, 0.6) is 0 Å².